The van der Waals surface area contributed by atoms with Crippen LogP contribution in [0, 0.1) is 6.92 Å². The van der Waals surface area contributed by atoms with E-state index in [1.165, 1.54) is 0 Å². The van der Waals surface area contributed by atoms with Gasteiger partial charge in [-0.05, 0) is 31.2 Å². The molecule has 0 spiro atoms. The van der Waals surface area contributed by atoms with Gasteiger partial charge in [0.1, 0.15) is 5.76 Å². The number of ketones is 1. The number of pyridine rings is 1. The maximum absolute atomic E-state index is 11.7. The van der Waals surface area contributed by atoms with Crippen LogP contribution in [0.3, 0.4) is 0 Å². The van der Waals surface area contributed by atoms with E-state index in [1.807, 2.05) is 25.1 Å². The second-order valence-electron chi connectivity index (χ2n) is 3.33. The molecule has 0 bridgehead atoms. The Morgan fingerprint density at radius 3 is 2.80 bits per heavy atom. The number of nitrogens with zero attached hydrogens (tertiary/aromatic N) is 1. The van der Waals surface area contributed by atoms with E-state index < -0.39 is 0 Å². The van der Waals surface area contributed by atoms with Gasteiger partial charge in [-0.25, -0.2) is 0 Å². The molecule has 2 heterocycles. The summed E-state index contributed by atoms with van der Waals surface area (Å²) in [5.74, 6) is 1.11. The summed E-state index contributed by atoms with van der Waals surface area (Å²) in [5.41, 5.74) is 0.761. The molecule has 0 radical (unpaired) electrons. The average molecular weight is 201 g/mol. The first kappa shape index (κ1) is 9.65. The summed E-state index contributed by atoms with van der Waals surface area (Å²) >= 11 is 0. The minimum absolute atomic E-state index is 0.0400. The number of carbonyl (C=O) groups excluding carboxylic acids is 1. The van der Waals surface area contributed by atoms with Crippen LogP contribution in [0.5, 0.6) is 0 Å². The molecule has 0 aliphatic rings. The van der Waals surface area contributed by atoms with Gasteiger partial charge < -0.3 is 4.42 Å². The Bertz CT molecular complexity index is 459. The van der Waals surface area contributed by atoms with Gasteiger partial charge in [0.25, 0.3) is 0 Å². The van der Waals surface area contributed by atoms with Gasteiger partial charge >= 0.3 is 0 Å². The summed E-state index contributed by atoms with van der Waals surface area (Å²) in [6, 6.07) is 8.99. The Balaban J connectivity index is 2.11. The van der Waals surface area contributed by atoms with Crippen LogP contribution in [0.4, 0.5) is 0 Å². The van der Waals surface area contributed by atoms with E-state index in [0.717, 1.165) is 11.5 Å². The van der Waals surface area contributed by atoms with Crippen LogP contribution in [0.2, 0.25) is 0 Å². The van der Waals surface area contributed by atoms with Crippen LogP contribution in [0.15, 0.2) is 40.9 Å². The zero-order valence-corrected chi connectivity index (χ0v) is 8.43. The fraction of sp³-hybridized carbons (Fsp3) is 0.167. The molecule has 0 aliphatic carbocycles. The Hall–Kier alpha value is -1.90. The Labute approximate surface area is 87.8 Å². The van der Waals surface area contributed by atoms with Crippen LogP contribution in [0.1, 0.15) is 22.0 Å². The number of carbonyl (C=O) groups is 1. The quantitative estimate of drug-likeness (QED) is 0.716. The molecule has 3 heteroatoms. The van der Waals surface area contributed by atoms with E-state index >= 15 is 0 Å². The van der Waals surface area contributed by atoms with E-state index in [1.54, 1.807) is 18.3 Å². The van der Waals surface area contributed by atoms with Gasteiger partial charge in [-0.3, -0.25) is 9.78 Å². The predicted molar refractivity (Wildman–Crippen MR) is 55.7 cm³/mol. The molecule has 0 fully saturated rings. The molecule has 2 rings (SSSR count). The van der Waals surface area contributed by atoms with Crippen molar-refractivity contribution >= 4 is 5.78 Å². The van der Waals surface area contributed by atoms with Crippen molar-refractivity contribution in [1.82, 2.24) is 4.98 Å². The number of hydrogen-bond donors (Lipinski definition) is 0. The third-order valence-electron chi connectivity index (χ3n) is 2.08. The number of Topliss-reactive ketones (excluding diaryl/α,β-unsaturated/α-hetero) is 1. The van der Waals surface area contributed by atoms with Gasteiger partial charge in [0.05, 0.1) is 6.42 Å². The first-order valence-corrected chi connectivity index (χ1v) is 4.75. The molecule has 76 valence electrons. The lowest BCUT2D eigenvalue weighted by atomic mass is 10.1. The van der Waals surface area contributed by atoms with Gasteiger partial charge in [-0.2, -0.15) is 0 Å². The highest BCUT2D eigenvalue weighted by molar-refractivity contribution is 5.94. The molecule has 0 amide bonds. The zero-order chi connectivity index (χ0) is 10.7. The highest BCUT2D eigenvalue weighted by atomic mass is 16.3. The molecule has 0 N–H and O–H groups in total. The molecule has 0 saturated heterocycles. The Morgan fingerprint density at radius 1 is 1.33 bits per heavy atom. The summed E-state index contributed by atoms with van der Waals surface area (Å²) in [7, 11) is 0. The zero-order valence-electron chi connectivity index (χ0n) is 8.43. The predicted octanol–water partition coefficient (Wildman–Crippen LogP) is 2.41. The van der Waals surface area contributed by atoms with Crippen molar-refractivity contribution in [1.29, 1.82) is 0 Å². The van der Waals surface area contributed by atoms with Crippen LogP contribution >= 0.6 is 0 Å². The molecular formula is C12H11NO2. The molecule has 0 atom stereocenters. The lowest BCUT2D eigenvalue weighted by molar-refractivity contribution is 0.0964. The lowest BCUT2D eigenvalue weighted by Gasteiger charge is -1.96. The number of rotatable bonds is 3. The average Bonchev–Trinajstić information content (AvgIpc) is 2.66. The highest BCUT2D eigenvalue weighted by Crippen LogP contribution is 2.09. The molecular weight excluding hydrogens is 190 g/mol. The van der Waals surface area contributed by atoms with Crippen molar-refractivity contribution in [3.63, 3.8) is 0 Å². The summed E-state index contributed by atoms with van der Waals surface area (Å²) < 4.78 is 5.24. The molecule has 2 aromatic heterocycles. The second-order valence-corrected chi connectivity index (χ2v) is 3.33. The first-order chi connectivity index (χ1) is 7.25. The number of furan rings is 1. The standard InChI is InChI=1S/C12H11NO2/c1-9-5-6-12(15-9)11(14)8-10-4-2-3-7-13-10/h2-7H,8H2,1H3. The van der Waals surface area contributed by atoms with E-state index in [2.05, 4.69) is 4.98 Å². The fourth-order valence-electron chi connectivity index (χ4n) is 1.34. The fourth-order valence-corrected chi connectivity index (χ4v) is 1.34. The molecule has 3 nitrogen and oxygen atoms in total. The number of hydrogen-bond acceptors (Lipinski definition) is 3. The molecule has 15 heavy (non-hydrogen) atoms. The minimum Gasteiger partial charge on any atom is -0.458 e. The van der Waals surface area contributed by atoms with Crippen LogP contribution in [-0.2, 0) is 6.42 Å². The third-order valence-corrected chi connectivity index (χ3v) is 2.08. The topological polar surface area (TPSA) is 43.1 Å². The van der Waals surface area contributed by atoms with Gasteiger partial charge in [0.15, 0.2) is 5.76 Å². The van der Waals surface area contributed by atoms with Crippen LogP contribution in [-0.4, -0.2) is 10.8 Å². The van der Waals surface area contributed by atoms with E-state index in [0.29, 0.717) is 5.76 Å². The van der Waals surface area contributed by atoms with Gasteiger partial charge in [0, 0.05) is 11.9 Å². The minimum atomic E-state index is -0.0400. The lowest BCUT2D eigenvalue weighted by Crippen LogP contribution is -2.03. The Kier molecular flexibility index (Phi) is 2.63. The maximum Gasteiger partial charge on any atom is 0.203 e. The maximum atomic E-state index is 11.7. The van der Waals surface area contributed by atoms with Gasteiger partial charge in [-0.15, -0.1) is 0 Å². The summed E-state index contributed by atoms with van der Waals surface area (Å²) in [6.07, 6.45) is 1.96. The molecule has 2 aromatic rings. The van der Waals surface area contributed by atoms with Gasteiger partial charge in [0.2, 0.25) is 5.78 Å². The van der Waals surface area contributed by atoms with Gasteiger partial charge in [-0.1, -0.05) is 6.07 Å². The van der Waals surface area contributed by atoms with Crippen molar-refractivity contribution < 1.29 is 9.21 Å². The van der Waals surface area contributed by atoms with E-state index in [4.69, 9.17) is 4.42 Å². The van der Waals surface area contributed by atoms with Crippen LogP contribution < -0.4 is 0 Å². The molecule has 0 aliphatic heterocycles. The SMILES string of the molecule is Cc1ccc(C(=O)Cc2ccccn2)o1. The first-order valence-electron chi connectivity index (χ1n) is 4.75. The summed E-state index contributed by atoms with van der Waals surface area (Å²) in [4.78, 5) is 15.8. The van der Waals surface area contributed by atoms with Crippen LogP contribution in [0.25, 0.3) is 0 Å². The third kappa shape index (κ3) is 2.31. The highest BCUT2D eigenvalue weighted by Gasteiger charge is 2.10. The largest absolute Gasteiger partial charge is 0.458 e. The van der Waals surface area contributed by atoms with Crippen molar-refractivity contribution in [3.05, 3.63) is 53.7 Å². The number of aromatic nitrogens is 1. The van der Waals surface area contributed by atoms with E-state index in [-0.39, 0.29) is 12.2 Å². The summed E-state index contributed by atoms with van der Waals surface area (Å²) in [6.45, 7) is 1.82. The molecule has 0 aromatic carbocycles. The second kappa shape index (κ2) is 4.09. The summed E-state index contributed by atoms with van der Waals surface area (Å²) in [5, 5.41) is 0. The van der Waals surface area contributed by atoms with Crippen molar-refractivity contribution in [2.45, 2.75) is 13.3 Å². The van der Waals surface area contributed by atoms with Crippen molar-refractivity contribution in [2.75, 3.05) is 0 Å². The number of aryl methyl sites for hydroxylation is 1. The Morgan fingerprint density at radius 2 is 2.20 bits per heavy atom. The smallest absolute Gasteiger partial charge is 0.203 e. The monoisotopic (exact) mass is 201 g/mol. The van der Waals surface area contributed by atoms with Crippen molar-refractivity contribution in [3.8, 4) is 0 Å². The normalized spacial score (nSPS) is 10.2. The van der Waals surface area contributed by atoms with E-state index in [9.17, 15) is 4.79 Å². The molecule has 0 saturated carbocycles. The van der Waals surface area contributed by atoms with Crippen molar-refractivity contribution in [2.24, 2.45) is 0 Å². The molecule has 0 unspecified atom stereocenters.